The van der Waals surface area contributed by atoms with Crippen molar-refractivity contribution in [2.75, 3.05) is 6.61 Å². The molecule has 0 aromatic carbocycles. The van der Waals surface area contributed by atoms with Gasteiger partial charge in [0.2, 0.25) is 5.91 Å². The maximum absolute atomic E-state index is 11.4. The quantitative estimate of drug-likeness (QED) is 0.348. The van der Waals surface area contributed by atoms with Crippen LogP contribution in [0.5, 0.6) is 0 Å². The molecule has 0 unspecified atom stereocenters. The van der Waals surface area contributed by atoms with Crippen molar-refractivity contribution >= 4 is 5.91 Å². The van der Waals surface area contributed by atoms with Gasteiger partial charge in [0.05, 0.1) is 6.61 Å². The molecule has 98 valence electrons. The fourth-order valence-electron chi connectivity index (χ4n) is 2.42. The lowest BCUT2D eigenvalue weighted by atomic mass is 9.85. The summed E-state index contributed by atoms with van der Waals surface area (Å²) in [6, 6.07) is 0. The summed E-state index contributed by atoms with van der Waals surface area (Å²) in [5.74, 6) is -0.282. The van der Waals surface area contributed by atoms with Gasteiger partial charge >= 0.3 is 0 Å². The van der Waals surface area contributed by atoms with E-state index in [1.165, 1.54) is 0 Å². The average Bonchev–Trinajstić information content (AvgIpc) is 2.32. The molecule has 0 aromatic heterocycles. The number of aliphatic hydroxyl groups excluding tert-OH is 4. The molecule has 2 fully saturated rings. The normalized spacial score (nSPS) is 46.9. The Balaban J connectivity index is 2.23. The first kappa shape index (κ1) is 12.7. The summed E-state index contributed by atoms with van der Waals surface area (Å²) in [5.41, 5.74) is -1.40. The molecule has 0 aliphatic carbocycles. The minimum Gasteiger partial charge on any atom is -0.394 e. The zero-order valence-corrected chi connectivity index (χ0v) is 9.24. The van der Waals surface area contributed by atoms with E-state index in [0.717, 1.165) is 0 Å². The molecule has 0 aromatic rings. The molecule has 0 saturated carbocycles. The molecular formula is C10H17NO6. The number of rotatable bonds is 1. The van der Waals surface area contributed by atoms with E-state index in [1.807, 2.05) is 0 Å². The Morgan fingerprint density at radius 2 is 2.06 bits per heavy atom. The SMILES string of the molecule is O=C1CCC[C@@]2(N1)O[C@H](CO)[C@@H](O)[C@H](O)[C@H]2O. The molecular weight excluding hydrogens is 230 g/mol. The second kappa shape index (κ2) is 4.51. The number of hydrogen-bond acceptors (Lipinski definition) is 6. The Morgan fingerprint density at radius 3 is 2.65 bits per heavy atom. The van der Waals surface area contributed by atoms with Gasteiger partial charge in [-0.15, -0.1) is 0 Å². The summed E-state index contributed by atoms with van der Waals surface area (Å²) in [6.45, 7) is -0.497. The maximum atomic E-state index is 11.4. The van der Waals surface area contributed by atoms with Crippen molar-refractivity contribution in [2.24, 2.45) is 0 Å². The molecule has 7 heteroatoms. The topological polar surface area (TPSA) is 119 Å². The third-order valence-electron chi connectivity index (χ3n) is 3.38. The van der Waals surface area contributed by atoms with Crippen molar-refractivity contribution < 1.29 is 30.0 Å². The third kappa shape index (κ3) is 2.04. The van der Waals surface area contributed by atoms with Gasteiger partial charge in [-0.3, -0.25) is 4.79 Å². The molecule has 1 spiro atoms. The van der Waals surface area contributed by atoms with Crippen LogP contribution in [0.4, 0.5) is 0 Å². The van der Waals surface area contributed by atoms with Gasteiger partial charge in [-0.05, 0) is 12.8 Å². The lowest BCUT2D eigenvalue weighted by molar-refractivity contribution is -0.287. The summed E-state index contributed by atoms with van der Waals surface area (Å²) < 4.78 is 5.39. The molecule has 0 radical (unpaired) electrons. The van der Waals surface area contributed by atoms with Gasteiger partial charge < -0.3 is 30.5 Å². The second-order valence-electron chi connectivity index (χ2n) is 4.56. The van der Waals surface area contributed by atoms with Gasteiger partial charge in [0.1, 0.15) is 24.4 Å². The molecule has 0 bridgehead atoms. The predicted molar refractivity (Wildman–Crippen MR) is 54.7 cm³/mol. The van der Waals surface area contributed by atoms with E-state index in [2.05, 4.69) is 5.32 Å². The Kier molecular flexibility index (Phi) is 3.37. The van der Waals surface area contributed by atoms with Crippen LogP contribution in [0.1, 0.15) is 19.3 Å². The fraction of sp³-hybridized carbons (Fsp3) is 0.900. The number of aliphatic hydroxyl groups is 4. The van der Waals surface area contributed by atoms with Gasteiger partial charge in [0.25, 0.3) is 0 Å². The molecule has 2 heterocycles. The van der Waals surface area contributed by atoms with Gasteiger partial charge in [-0.25, -0.2) is 0 Å². The van der Waals surface area contributed by atoms with Crippen LogP contribution in [0.2, 0.25) is 0 Å². The monoisotopic (exact) mass is 247 g/mol. The van der Waals surface area contributed by atoms with E-state index < -0.39 is 36.7 Å². The minimum absolute atomic E-state index is 0.282. The number of carbonyl (C=O) groups is 1. The lowest BCUT2D eigenvalue weighted by Crippen LogP contribution is -2.72. The van der Waals surface area contributed by atoms with Crippen LogP contribution in [0.15, 0.2) is 0 Å². The van der Waals surface area contributed by atoms with Gasteiger partial charge in [0, 0.05) is 6.42 Å². The predicted octanol–water partition coefficient (Wildman–Crippen LogP) is -2.54. The first-order valence-electron chi connectivity index (χ1n) is 5.64. The minimum atomic E-state index is -1.46. The van der Waals surface area contributed by atoms with Crippen molar-refractivity contribution in [1.29, 1.82) is 0 Å². The van der Waals surface area contributed by atoms with Crippen LogP contribution in [0.3, 0.4) is 0 Å². The van der Waals surface area contributed by atoms with E-state index in [1.54, 1.807) is 0 Å². The number of hydrogen-bond donors (Lipinski definition) is 5. The molecule has 5 atom stereocenters. The third-order valence-corrected chi connectivity index (χ3v) is 3.38. The van der Waals surface area contributed by atoms with Crippen LogP contribution >= 0.6 is 0 Å². The fourth-order valence-corrected chi connectivity index (χ4v) is 2.42. The van der Waals surface area contributed by atoms with Gasteiger partial charge in [-0.2, -0.15) is 0 Å². The van der Waals surface area contributed by atoms with Crippen LogP contribution in [-0.4, -0.2) is 63.1 Å². The maximum Gasteiger partial charge on any atom is 0.222 e. The summed E-state index contributed by atoms with van der Waals surface area (Å²) >= 11 is 0. The van der Waals surface area contributed by atoms with Crippen LogP contribution in [0, 0.1) is 0 Å². The smallest absolute Gasteiger partial charge is 0.222 e. The molecule has 1 amide bonds. The Morgan fingerprint density at radius 1 is 1.35 bits per heavy atom. The molecule has 2 aliphatic rings. The highest BCUT2D eigenvalue weighted by Gasteiger charge is 2.54. The summed E-state index contributed by atoms with van der Waals surface area (Å²) in [4.78, 5) is 11.4. The van der Waals surface area contributed by atoms with Crippen molar-refractivity contribution in [3.8, 4) is 0 Å². The number of amides is 1. The van der Waals surface area contributed by atoms with Crippen molar-refractivity contribution in [3.05, 3.63) is 0 Å². The molecule has 17 heavy (non-hydrogen) atoms. The van der Waals surface area contributed by atoms with E-state index in [-0.39, 0.29) is 5.91 Å². The first-order chi connectivity index (χ1) is 8.00. The second-order valence-corrected chi connectivity index (χ2v) is 4.56. The number of piperidine rings is 1. The van der Waals surface area contributed by atoms with Gasteiger partial charge in [-0.1, -0.05) is 0 Å². The molecule has 2 aliphatic heterocycles. The number of ether oxygens (including phenoxy) is 1. The van der Waals surface area contributed by atoms with E-state index in [0.29, 0.717) is 19.3 Å². The highest BCUT2D eigenvalue weighted by atomic mass is 16.6. The standard InChI is InChI=1S/C10H17NO6/c12-4-5-7(14)8(15)9(16)10(17-5)3-1-2-6(13)11-10/h5,7-9,12,14-16H,1-4H2,(H,11,13)/t5-,7-,8+,9-,10-/m1/s1. The van der Waals surface area contributed by atoms with Crippen LogP contribution in [-0.2, 0) is 9.53 Å². The Hall–Kier alpha value is -0.730. The summed E-state index contributed by atoms with van der Waals surface area (Å²) in [6.07, 6.45) is -4.08. The number of carbonyl (C=O) groups excluding carboxylic acids is 1. The molecule has 5 N–H and O–H groups in total. The summed E-state index contributed by atoms with van der Waals surface area (Å²) in [7, 11) is 0. The van der Waals surface area contributed by atoms with Gasteiger partial charge in [0.15, 0.2) is 5.72 Å². The van der Waals surface area contributed by atoms with Crippen molar-refractivity contribution in [3.63, 3.8) is 0 Å². The highest BCUT2D eigenvalue weighted by Crippen LogP contribution is 2.34. The first-order valence-corrected chi connectivity index (χ1v) is 5.64. The van der Waals surface area contributed by atoms with Crippen molar-refractivity contribution in [1.82, 2.24) is 5.32 Å². The van der Waals surface area contributed by atoms with Crippen molar-refractivity contribution in [2.45, 2.75) is 49.4 Å². The van der Waals surface area contributed by atoms with E-state index >= 15 is 0 Å². The highest BCUT2D eigenvalue weighted by molar-refractivity contribution is 5.77. The average molecular weight is 247 g/mol. The molecule has 2 rings (SSSR count). The zero-order chi connectivity index (χ0) is 12.6. The zero-order valence-electron chi connectivity index (χ0n) is 9.24. The lowest BCUT2D eigenvalue weighted by Gasteiger charge is -2.50. The van der Waals surface area contributed by atoms with Crippen LogP contribution < -0.4 is 5.32 Å². The van der Waals surface area contributed by atoms with Crippen LogP contribution in [0.25, 0.3) is 0 Å². The largest absolute Gasteiger partial charge is 0.394 e. The molecule has 2 saturated heterocycles. The Labute approximate surface area is 98.0 Å². The number of nitrogens with one attached hydrogen (secondary N) is 1. The molecule has 7 nitrogen and oxygen atoms in total. The summed E-state index contributed by atoms with van der Waals surface area (Å²) in [5, 5.41) is 40.8. The Bertz CT molecular complexity index is 309. The van der Waals surface area contributed by atoms with E-state index in [4.69, 9.17) is 9.84 Å². The van der Waals surface area contributed by atoms with E-state index in [9.17, 15) is 20.1 Å².